The molecule has 0 atom stereocenters. The zero-order chi connectivity index (χ0) is 9.07. The van der Waals surface area contributed by atoms with Crippen molar-refractivity contribution in [1.29, 1.82) is 0 Å². The molecule has 0 heterocycles. The van der Waals surface area contributed by atoms with Gasteiger partial charge in [0, 0.05) is 18.9 Å². The van der Waals surface area contributed by atoms with E-state index < -0.39 is 0 Å². The second-order valence-electron chi connectivity index (χ2n) is 2.67. The van der Waals surface area contributed by atoms with Gasteiger partial charge in [0.1, 0.15) is 6.29 Å². The SMILES string of the molecule is O=CCCOCCCCCCCl. The van der Waals surface area contributed by atoms with Gasteiger partial charge in [-0.1, -0.05) is 12.8 Å². The van der Waals surface area contributed by atoms with Crippen molar-refractivity contribution >= 4 is 17.9 Å². The minimum Gasteiger partial charge on any atom is -0.381 e. The molecule has 0 fully saturated rings. The summed E-state index contributed by atoms with van der Waals surface area (Å²) in [7, 11) is 0. The van der Waals surface area contributed by atoms with Crippen molar-refractivity contribution in [3.8, 4) is 0 Å². The number of hydrogen-bond acceptors (Lipinski definition) is 2. The van der Waals surface area contributed by atoms with Crippen LogP contribution in [0.25, 0.3) is 0 Å². The first kappa shape index (κ1) is 11.9. The van der Waals surface area contributed by atoms with Crippen molar-refractivity contribution in [1.82, 2.24) is 0 Å². The topological polar surface area (TPSA) is 26.3 Å². The van der Waals surface area contributed by atoms with E-state index in [9.17, 15) is 4.79 Å². The quantitative estimate of drug-likeness (QED) is 0.319. The van der Waals surface area contributed by atoms with E-state index in [2.05, 4.69) is 0 Å². The van der Waals surface area contributed by atoms with E-state index in [0.717, 1.165) is 31.6 Å². The predicted molar refractivity (Wildman–Crippen MR) is 50.7 cm³/mol. The third kappa shape index (κ3) is 9.92. The summed E-state index contributed by atoms with van der Waals surface area (Å²) >= 11 is 5.51. The molecule has 0 rings (SSSR count). The summed E-state index contributed by atoms with van der Waals surface area (Å²) in [5.74, 6) is 0.756. The number of alkyl halides is 1. The molecular formula is C9H17ClO2. The average molecular weight is 193 g/mol. The van der Waals surface area contributed by atoms with Gasteiger partial charge in [-0.3, -0.25) is 0 Å². The molecule has 0 aliphatic rings. The minimum absolute atomic E-state index is 0.516. The van der Waals surface area contributed by atoms with Gasteiger partial charge in [0.25, 0.3) is 0 Å². The molecule has 0 unspecified atom stereocenters. The molecule has 3 heteroatoms. The van der Waals surface area contributed by atoms with Crippen LogP contribution < -0.4 is 0 Å². The van der Waals surface area contributed by atoms with Crippen molar-refractivity contribution in [2.24, 2.45) is 0 Å². The van der Waals surface area contributed by atoms with E-state index in [0.29, 0.717) is 13.0 Å². The van der Waals surface area contributed by atoms with Crippen LogP contribution in [0, 0.1) is 0 Å². The van der Waals surface area contributed by atoms with E-state index in [-0.39, 0.29) is 0 Å². The van der Waals surface area contributed by atoms with E-state index in [1.807, 2.05) is 0 Å². The van der Waals surface area contributed by atoms with E-state index in [1.165, 1.54) is 12.8 Å². The number of hydrogen-bond donors (Lipinski definition) is 0. The Hall–Kier alpha value is -0.0800. The van der Waals surface area contributed by atoms with Gasteiger partial charge in [-0.25, -0.2) is 0 Å². The van der Waals surface area contributed by atoms with Gasteiger partial charge in [0.05, 0.1) is 6.61 Å². The monoisotopic (exact) mass is 192 g/mol. The number of carbonyl (C=O) groups is 1. The molecule has 0 amide bonds. The van der Waals surface area contributed by atoms with Crippen LogP contribution in [0.4, 0.5) is 0 Å². The number of aldehydes is 1. The molecule has 0 aliphatic carbocycles. The molecule has 0 bridgehead atoms. The van der Waals surface area contributed by atoms with Crippen LogP contribution in [-0.4, -0.2) is 25.4 Å². The molecule has 0 aliphatic heterocycles. The molecule has 0 aromatic carbocycles. The van der Waals surface area contributed by atoms with Gasteiger partial charge in [-0.05, 0) is 12.8 Å². The molecule has 0 radical (unpaired) electrons. The van der Waals surface area contributed by atoms with Crippen LogP contribution in [0.15, 0.2) is 0 Å². The molecule has 0 aromatic heterocycles. The lowest BCUT2D eigenvalue weighted by molar-refractivity contribution is -0.108. The zero-order valence-corrected chi connectivity index (χ0v) is 8.18. The van der Waals surface area contributed by atoms with Crippen molar-refractivity contribution < 1.29 is 9.53 Å². The van der Waals surface area contributed by atoms with Gasteiger partial charge in [0.2, 0.25) is 0 Å². The van der Waals surface area contributed by atoms with Crippen LogP contribution in [0.2, 0.25) is 0 Å². The minimum atomic E-state index is 0.516. The third-order valence-electron chi connectivity index (χ3n) is 1.55. The second kappa shape index (κ2) is 10.9. The highest BCUT2D eigenvalue weighted by molar-refractivity contribution is 6.17. The molecule has 0 saturated heterocycles. The maximum atomic E-state index is 9.88. The summed E-state index contributed by atoms with van der Waals surface area (Å²) in [6.07, 6.45) is 5.93. The molecule has 0 N–H and O–H groups in total. The predicted octanol–water partition coefficient (Wildman–Crippen LogP) is 2.39. The fourth-order valence-electron chi connectivity index (χ4n) is 0.886. The Morgan fingerprint density at radius 1 is 1.08 bits per heavy atom. The van der Waals surface area contributed by atoms with Crippen molar-refractivity contribution in [2.75, 3.05) is 19.1 Å². The summed E-state index contributed by atoms with van der Waals surface area (Å²) in [4.78, 5) is 9.88. The van der Waals surface area contributed by atoms with Crippen LogP contribution in [0.1, 0.15) is 32.1 Å². The molecule has 72 valence electrons. The lowest BCUT2D eigenvalue weighted by Gasteiger charge is -2.00. The molecule has 0 spiro atoms. The molecule has 2 nitrogen and oxygen atoms in total. The average Bonchev–Trinajstić information content (AvgIpc) is 2.10. The summed E-state index contributed by atoms with van der Waals surface area (Å²) < 4.78 is 5.19. The van der Waals surface area contributed by atoms with Gasteiger partial charge in [-0.15, -0.1) is 11.6 Å². The van der Waals surface area contributed by atoms with E-state index >= 15 is 0 Å². The number of ether oxygens (including phenoxy) is 1. The largest absolute Gasteiger partial charge is 0.381 e. The molecular weight excluding hydrogens is 176 g/mol. The fraction of sp³-hybridized carbons (Fsp3) is 0.889. The first-order valence-corrected chi connectivity index (χ1v) is 5.02. The maximum absolute atomic E-state index is 9.88. The lowest BCUT2D eigenvalue weighted by atomic mass is 10.2. The van der Waals surface area contributed by atoms with Gasteiger partial charge >= 0.3 is 0 Å². The van der Waals surface area contributed by atoms with Crippen LogP contribution in [0.5, 0.6) is 0 Å². The summed E-state index contributed by atoms with van der Waals surface area (Å²) in [6, 6.07) is 0. The number of halogens is 1. The Balaban J connectivity index is 2.77. The maximum Gasteiger partial charge on any atom is 0.122 e. The highest BCUT2D eigenvalue weighted by atomic mass is 35.5. The highest BCUT2D eigenvalue weighted by Crippen LogP contribution is 2.00. The van der Waals surface area contributed by atoms with Gasteiger partial charge < -0.3 is 9.53 Å². The van der Waals surface area contributed by atoms with Crippen LogP contribution >= 0.6 is 11.6 Å². The number of rotatable bonds is 9. The Morgan fingerprint density at radius 2 is 1.83 bits per heavy atom. The summed E-state index contributed by atoms with van der Waals surface area (Å²) in [5.41, 5.74) is 0. The zero-order valence-electron chi connectivity index (χ0n) is 7.43. The Kier molecular flexibility index (Phi) is 10.8. The van der Waals surface area contributed by atoms with Crippen LogP contribution in [-0.2, 0) is 9.53 Å². The normalized spacial score (nSPS) is 10.1. The molecule has 12 heavy (non-hydrogen) atoms. The van der Waals surface area contributed by atoms with Crippen molar-refractivity contribution in [3.05, 3.63) is 0 Å². The Bertz CT molecular complexity index is 96.5. The standard InChI is InChI=1S/C9H17ClO2/c10-6-3-1-2-4-8-12-9-5-7-11/h7H,1-6,8-9H2. The lowest BCUT2D eigenvalue weighted by Crippen LogP contribution is -1.97. The van der Waals surface area contributed by atoms with Gasteiger partial charge in [-0.2, -0.15) is 0 Å². The van der Waals surface area contributed by atoms with E-state index in [4.69, 9.17) is 16.3 Å². The molecule has 0 saturated carbocycles. The van der Waals surface area contributed by atoms with Crippen LogP contribution in [0.3, 0.4) is 0 Å². The summed E-state index contributed by atoms with van der Waals surface area (Å²) in [6.45, 7) is 1.34. The molecule has 0 aromatic rings. The number of carbonyl (C=O) groups excluding carboxylic acids is 1. The van der Waals surface area contributed by atoms with E-state index in [1.54, 1.807) is 0 Å². The Morgan fingerprint density at radius 3 is 2.50 bits per heavy atom. The van der Waals surface area contributed by atoms with Gasteiger partial charge in [0.15, 0.2) is 0 Å². The third-order valence-corrected chi connectivity index (χ3v) is 1.82. The van der Waals surface area contributed by atoms with Crippen molar-refractivity contribution in [2.45, 2.75) is 32.1 Å². The first-order valence-electron chi connectivity index (χ1n) is 4.49. The second-order valence-corrected chi connectivity index (χ2v) is 3.05. The smallest absolute Gasteiger partial charge is 0.122 e. The first-order chi connectivity index (χ1) is 5.91. The summed E-state index contributed by atoms with van der Waals surface area (Å²) in [5, 5.41) is 0. The fourth-order valence-corrected chi connectivity index (χ4v) is 1.07. The van der Waals surface area contributed by atoms with Crippen molar-refractivity contribution in [3.63, 3.8) is 0 Å². The highest BCUT2D eigenvalue weighted by Gasteiger charge is 1.89. The Labute approximate surface area is 79.2 Å². The number of unbranched alkanes of at least 4 members (excludes halogenated alkanes) is 3.